The zero-order valence-corrected chi connectivity index (χ0v) is 22.3. The van der Waals surface area contributed by atoms with Gasteiger partial charge in [-0.2, -0.15) is 0 Å². The molecule has 0 saturated carbocycles. The molecule has 5 aromatic carbocycles. The van der Waals surface area contributed by atoms with Gasteiger partial charge in [0.15, 0.2) is 0 Å². The van der Waals surface area contributed by atoms with Gasteiger partial charge in [0.05, 0.1) is 5.54 Å². The first-order valence-electron chi connectivity index (χ1n) is 13.5. The number of hydrogen-bond donors (Lipinski definition) is 2. The summed E-state index contributed by atoms with van der Waals surface area (Å²) in [5.74, 6) is 0. The van der Waals surface area contributed by atoms with Crippen molar-refractivity contribution in [3.63, 3.8) is 0 Å². The molecule has 6 rings (SSSR count). The zero-order chi connectivity index (χ0) is 27.4. The summed E-state index contributed by atoms with van der Waals surface area (Å²) in [7, 11) is 0. The molecule has 1 aliphatic carbocycles. The van der Waals surface area contributed by atoms with Crippen molar-refractivity contribution in [2.75, 3.05) is 21.3 Å². The van der Waals surface area contributed by atoms with Gasteiger partial charge in [-0.1, -0.05) is 78.9 Å². The molecular formula is C36H32N4. The number of benzene rings is 5. The lowest BCUT2D eigenvalue weighted by Gasteiger charge is -2.46. The number of nitrogen functional groups attached to an aromatic ring is 2. The Kier molecular flexibility index (Phi) is 6.82. The van der Waals surface area contributed by atoms with Crippen LogP contribution < -0.4 is 21.3 Å². The molecule has 0 spiro atoms. The van der Waals surface area contributed by atoms with E-state index >= 15 is 0 Å². The lowest BCUT2D eigenvalue weighted by atomic mass is 9.80. The molecule has 1 aliphatic rings. The summed E-state index contributed by atoms with van der Waals surface area (Å²) in [5.41, 5.74) is 19.8. The fourth-order valence-electron chi connectivity index (χ4n) is 5.48. The van der Waals surface area contributed by atoms with Gasteiger partial charge in [0.25, 0.3) is 0 Å². The Morgan fingerprint density at radius 1 is 0.500 bits per heavy atom. The molecule has 0 saturated heterocycles. The van der Waals surface area contributed by atoms with Crippen LogP contribution in [-0.4, -0.2) is 0 Å². The predicted molar refractivity (Wildman–Crippen MR) is 169 cm³/mol. The van der Waals surface area contributed by atoms with E-state index < -0.39 is 5.54 Å². The SMILES string of the molecule is Nc1ccc(N(C2=CCC(c3ccccc3)(N(c3ccccc3)c3ccc(N)cc3)C=C2)c2ccccc2)cc1. The monoisotopic (exact) mass is 520 g/mol. The Labute approximate surface area is 236 Å². The Balaban J connectivity index is 1.50. The van der Waals surface area contributed by atoms with Crippen LogP contribution in [0.2, 0.25) is 0 Å². The van der Waals surface area contributed by atoms with E-state index in [1.807, 2.05) is 30.3 Å². The van der Waals surface area contributed by atoms with E-state index in [1.165, 1.54) is 5.56 Å². The van der Waals surface area contributed by atoms with Gasteiger partial charge >= 0.3 is 0 Å². The average Bonchev–Trinajstić information content (AvgIpc) is 3.02. The van der Waals surface area contributed by atoms with Crippen LogP contribution in [-0.2, 0) is 5.54 Å². The molecule has 4 N–H and O–H groups in total. The minimum Gasteiger partial charge on any atom is -0.399 e. The number of allylic oxidation sites excluding steroid dienone is 1. The lowest BCUT2D eigenvalue weighted by Crippen LogP contribution is -2.43. The van der Waals surface area contributed by atoms with Crippen molar-refractivity contribution in [2.24, 2.45) is 0 Å². The highest BCUT2D eigenvalue weighted by molar-refractivity contribution is 5.74. The summed E-state index contributed by atoms with van der Waals surface area (Å²) in [6, 6.07) is 47.9. The third-order valence-corrected chi connectivity index (χ3v) is 7.41. The first-order valence-corrected chi connectivity index (χ1v) is 13.5. The molecule has 4 nitrogen and oxygen atoms in total. The van der Waals surface area contributed by atoms with Crippen LogP contribution in [0.15, 0.2) is 163 Å². The predicted octanol–water partition coefficient (Wildman–Crippen LogP) is 8.57. The van der Waals surface area contributed by atoms with Gasteiger partial charge in [0.2, 0.25) is 0 Å². The minimum atomic E-state index is -0.467. The van der Waals surface area contributed by atoms with Crippen molar-refractivity contribution in [1.29, 1.82) is 0 Å². The molecule has 1 atom stereocenters. The first-order chi connectivity index (χ1) is 19.6. The topological polar surface area (TPSA) is 58.5 Å². The number of para-hydroxylation sites is 2. The van der Waals surface area contributed by atoms with Crippen LogP contribution in [0.3, 0.4) is 0 Å². The van der Waals surface area contributed by atoms with E-state index in [9.17, 15) is 0 Å². The molecule has 0 heterocycles. The van der Waals surface area contributed by atoms with Crippen LogP contribution in [0.4, 0.5) is 34.1 Å². The summed E-state index contributed by atoms with van der Waals surface area (Å²) in [6.07, 6.45) is 7.67. The number of anilines is 6. The molecule has 0 aliphatic heterocycles. The summed E-state index contributed by atoms with van der Waals surface area (Å²) < 4.78 is 0. The lowest BCUT2D eigenvalue weighted by molar-refractivity contribution is 0.544. The van der Waals surface area contributed by atoms with Crippen molar-refractivity contribution in [1.82, 2.24) is 0 Å². The Morgan fingerprint density at radius 3 is 1.48 bits per heavy atom. The van der Waals surface area contributed by atoms with Crippen molar-refractivity contribution >= 4 is 34.1 Å². The standard InChI is InChI=1S/C36H32N4/c37-29-16-20-32(21-17-29)39(31-12-6-2-7-13-31)33-24-26-36(27-25-33,28-10-4-1-5-11-28)40(34-14-8-3-9-15-34)35-22-18-30(38)19-23-35/h1-26H,27,37-38H2. The maximum absolute atomic E-state index is 6.10. The highest BCUT2D eigenvalue weighted by Crippen LogP contribution is 2.46. The van der Waals surface area contributed by atoms with Gasteiger partial charge in [-0.25, -0.2) is 0 Å². The summed E-state index contributed by atoms with van der Waals surface area (Å²) in [5, 5.41) is 0. The van der Waals surface area contributed by atoms with E-state index in [0.29, 0.717) is 0 Å². The number of rotatable bonds is 7. The van der Waals surface area contributed by atoms with E-state index in [4.69, 9.17) is 11.5 Å². The maximum Gasteiger partial charge on any atom is 0.0924 e. The summed E-state index contributed by atoms with van der Waals surface area (Å²) >= 11 is 0. The maximum atomic E-state index is 6.10. The largest absolute Gasteiger partial charge is 0.399 e. The van der Waals surface area contributed by atoms with Gasteiger partial charge in [-0.15, -0.1) is 0 Å². The van der Waals surface area contributed by atoms with Crippen molar-refractivity contribution < 1.29 is 0 Å². The van der Waals surface area contributed by atoms with Gasteiger partial charge in [0.1, 0.15) is 0 Å². The second-order valence-corrected chi connectivity index (χ2v) is 9.98. The third-order valence-electron chi connectivity index (χ3n) is 7.41. The Morgan fingerprint density at radius 2 is 0.950 bits per heavy atom. The number of hydrogen-bond acceptors (Lipinski definition) is 4. The van der Waals surface area contributed by atoms with Gasteiger partial charge in [-0.05, 0) is 90.9 Å². The first kappa shape index (κ1) is 25.1. The second-order valence-electron chi connectivity index (χ2n) is 9.98. The number of nitrogens with zero attached hydrogens (tertiary/aromatic N) is 2. The molecule has 0 fully saturated rings. The van der Waals surface area contributed by atoms with Crippen molar-refractivity contribution in [2.45, 2.75) is 12.0 Å². The quantitative estimate of drug-likeness (QED) is 0.211. The summed E-state index contributed by atoms with van der Waals surface area (Å²) in [6.45, 7) is 0. The molecule has 196 valence electrons. The fraction of sp³-hybridized carbons (Fsp3) is 0.0556. The Hall–Kier alpha value is -5.22. The van der Waals surface area contributed by atoms with E-state index in [1.54, 1.807) is 0 Å². The number of nitrogens with two attached hydrogens (primary N) is 2. The molecular weight excluding hydrogens is 488 g/mol. The molecule has 4 heteroatoms. The molecule has 0 radical (unpaired) electrons. The minimum absolute atomic E-state index is 0.467. The molecule has 0 bridgehead atoms. The highest BCUT2D eigenvalue weighted by Gasteiger charge is 2.39. The molecule has 0 amide bonds. The fourth-order valence-corrected chi connectivity index (χ4v) is 5.48. The molecule has 0 aromatic heterocycles. The van der Waals surface area contributed by atoms with Crippen molar-refractivity contribution in [3.8, 4) is 0 Å². The molecule has 5 aromatic rings. The van der Waals surface area contributed by atoms with Crippen LogP contribution in [0.5, 0.6) is 0 Å². The van der Waals surface area contributed by atoms with Gasteiger partial charge in [0, 0.05) is 39.8 Å². The molecule has 1 unspecified atom stereocenters. The third kappa shape index (κ3) is 4.83. The van der Waals surface area contributed by atoms with E-state index in [2.05, 4.69) is 137 Å². The van der Waals surface area contributed by atoms with Crippen LogP contribution >= 0.6 is 0 Å². The average molecular weight is 521 g/mol. The molecule has 40 heavy (non-hydrogen) atoms. The van der Waals surface area contributed by atoms with Crippen molar-refractivity contribution in [3.05, 3.63) is 169 Å². The second kappa shape index (κ2) is 10.9. The Bertz CT molecular complexity index is 1610. The highest BCUT2D eigenvalue weighted by atomic mass is 15.2. The summed E-state index contributed by atoms with van der Waals surface area (Å²) in [4.78, 5) is 4.70. The van der Waals surface area contributed by atoms with Crippen LogP contribution in [0.25, 0.3) is 0 Å². The van der Waals surface area contributed by atoms with E-state index in [0.717, 1.165) is 46.2 Å². The van der Waals surface area contributed by atoms with E-state index in [-0.39, 0.29) is 0 Å². The van der Waals surface area contributed by atoms with Gasteiger partial charge in [-0.3, -0.25) is 0 Å². The normalized spacial score (nSPS) is 16.2. The van der Waals surface area contributed by atoms with Crippen LogP contribution in [0, 0.1) is 0 Å². The van der Waals surface area contributed by atoms with Gasteiger partial charge < -0.3 is 21.3 Å². The van der Waals surface area contributed by atoms with Crippen LogP contribution in [0.1, 0.15) is 12.0 Å². The smallest absolute Gasteiger partial charge is 0.0924 e. The zero-order valence-electron chi connectivity index (χ0n) is 22.3.